The molecule has 2 aliphatic heterocycles. The Morgan fingerprint density at radius 1 is 1.18 bits per heavy atom. The molecule has 2 fully saturated rings. The van der Waals surface area contributed by atoms with E-state index in [2.05, 4.69) is 36.3 Å². The zero-order valence-corrected chi connectivity index (χ0v) is 22.8. The first-order valence-electron chi connectivity index (χ1n) is 12.5. The van der Waals surface area contributed by atoms with Gasteiger partial charge in [-0.3, -0.25) is 4.68 Å². The predicted molar refractivity (Wildman–Crippen MR) is 146 cm³/mol. The summed E-state index contributed by atoms with van der Waals surface area (Å²) in [6.45, 7) is 4.86. The normalized spacial score (nSPS) is 17.6. The molecule has 0 aromatic carbocycles. The minimum atomic E-state index is -3.33. The van der Waals surface area contributed by atoms with Gasteiger partial charge in [0, 0.05) is 37.9 Å². The van der Waals surface area contributed by atoms with Crippen molar-refractivity contribution in [3.63, 3.8) is 0 Å². The van der Waals surface area contributed by atoms with Gasteiger partial charge in [0.1, 0.15) is 5.54 Å². The lowest BCUT2D eigenvalue weighted by molar-refractivity contribution is 0.0719. The molecule has 15 heteroatoms. The monoisotopic (exact) mass is 566 g/mol. The zero-order valence-electron chi connectivity index (χ0n) is 21.2. The lowest BCUT2D eigenvalue weighted by Gasteiger charge is -2.47. The third-order valence-electron chi connectivity index (χ3n) is 6.94. The van der Waals surface area contributed by atoms with Crippen LogP contribution in [0.4, 0.5) is 17.6 Å². The number of morpholine rings is 1. The van der Waals surface area contributed by atoms with Gasteiger partial charge in [0.15, 0.2) is 0 Å². The predicted octanol–water partition coefficient (Wildman–Crippen LogP) is 2.20. The molecule has 0 saturated carbocycles. The van der Waals surface area contributed by atoms with Gasteiger partial charge in [-0.2, -0.15) is 14.7 Å². The van der Waals surface area contributed by atoms with Gasteiger partial charge in [0.2, 0.25) is 21.9 Å². The zero-order chi connectivity index (χ0) is 27.0. The lowest BCUT2D eigenvalue weighted by Crippen LogP contribution is -2.64. The topological polar surface area (TPSA) is 155 Å². The van der Waals surface area contributed by atoms with E-state index in [-0.39, 0.29) is 25.3 Å². The van der Waals surface area contributed by atoms with Crippen LogP contribution in [0.2, 0.25) is 0 Å². The molecule has 0 unspecified atom stereocenters. The van der Waals surface area contributed by atoms with Crippen LogP contribution in [-0.4, -0.2) is 87.6 Å². The summed E-state index contributed by atoms with van der Waals surface area (Å²) in [6.07, 6.45) is 7.08. The molecule has 0 radical (unpaired) electrons. The van der Waals surface area contributed by atoms with E-state index in [1.807, 2.05) is 17.6 Å². The Morgan fingerprint density at radius 3 is 2.67 bits per heavy atom. The van der Waals surface area contributed by atoms with Crippen LogP contribution in [0.1, 0.15) is 13.3 Å². The summed E-state index contributed by atoms with van der Waals surface area (Å²) in [6, 6.07) is 4.12. The summed E-state index contributed by atoms with van der Waals surface area (Å²) in [7, 11) is -3.33. The second kappa shape index (κ2) is 10.1. The number of hydrogen-bond donors (Lipinski definition) is 1. The van der Waals surface area contributed by atoms with Crippen molar-refractivity contribution in [2.75, 3.05) is 55.4 Å². The molecule has 0 amide bonds. The van der Waals surface area contributed by atoms with Gasteiger partial charge in [-0.05, 0) is 18.4 Å². The van der Waals surface area contributed by atoms with Crippen molar-refractivity contribution in [1.82, 2.24) is 34.0 Å². The van der Waals surface area contributed by atoms with Crippen molar-refractivity contribution in [3.8, 4) is 17.3 Å². The van der Waals surface area contributed by atoms with Gasteiger partial charge < -0.3 is 15.0 Å². The van der Waals surface area contributed by atoms with Crippen molar-refractivity contribution in [2.24, 2.45) is 0 Å². The lowest BCUT2D eigenvalue weighted by atomic mass is 9.89. The number of nitriles is 1. The molecule has 202 valence electrons. The van der Waals surface area contributed by atoms with Crippen LogP contribution in [0.3, 0.4) is 0 Å². The number of nitrogens with one attached hydrogen (secondary N) is 1. The highest BCUT2D eigenvalue weighted by atomic mass is 32.2. The summed E-state index contributed by atoms with van der Waals surface area (Å²) < 4.78 is 34.0. The van der Waals surface area contributed by atoms with E-state index in [0.717, 1.165) is 28.9 Å². The van der Waals surface area contributed by atoms with Gasteiger partial charge in [-0.15, -0.1) is 11.3 Å². The number of fused-ring (bicyclic) bond motifs is 1. The second-order valence-corrected chi connectivity index (χ2v) is 12.6. The minimum Gasteiger partial charge on any atom is -0.378 e. The maximum absolute atomic E-state index is 12.3. The molecule has 13 nitrogen and oxygen atoms in total. The van der Waals surface area contributed by atoms with Gasteiger partial charge in [0.05, 0.1) is 71.6 Å². The highest BCUT2D eigenvalue weighted by molar-refractivity contribution is 7.89. The first-order chi connectivity index (χ1) is 18.9. The first kappa shape index (κ1) is 25.6. The number of thiophene rings is 1. The van der Waals surface area contributed by atoms with Gasteiger partial charge in [0.25, 0.3) is 0 Å². The summed E-state index contributed by atoms with van der Waals surface area (Å²) in [5.41, 5.74) is 2.17. The van der Waals surface area contributed by atoms with Crippen molar-refractivity contribution >= 4 is 49.2 Å². The molecule has 1 N–H and O–H groups in total. The molecule has 2 saturated heterocycles. The van der Waals surface area contributed by atoms with Crippen LogP contribution < -0.4 is 10.2 Å². The maximum atomic E-state index is 12.3. The molecule has 4 aromatic rings. The SMILES string of the molecule is CCS(=O)(=O)N1CC(CC#N)(n2cc(-c3nc(Nc4cnc(N5CCOCC5)nc4)nc4ccsc34)cn2)C1. The van der Waals surface area contributed by atoms with Crippen LogP contribution in [0.15, 0.2) is 36.2 Å². The molecule has 2 aliphatic rings. The molecule has 6 rings (SSSR count). The average Bonchev–Trinajstić information content (AvgIpc) is 3.61. The standard InChI is InChI=1S/C24H26N10O3S2/c1-2-39(35,36)33-15-24(16-33,4-5-25)34-14-17(11-28-34)20-21-19(3-10-38-21)30-22(31-20)29-18-12-26-23(27-13-18)32-6-8-37-9-7-32/h3,10-14H,2,4,6-9,15-16H2,1H3,(H,29,30,31). The Bertz CT molecular complexity index is 1630. The van der Waals surface area contributed by atoms with Crippen LogP contribution in [0.25, 0.3) is 21.5 Å². The quantitative estimate of drug-likeness (QED) is 0.334. The minimum absolute atomic E-state index is 0.0219. The molecule has 0 aliphatic carbocycles. The van der Waals surface area contributed by atoms with Crippen molar-refractivity contribution in [1.29, 1.82) is 5.26 Å². The number of rotatable bonds is 8. The fraction of sp³-hybridized carbons (Fsp3) is 0.417. The molecule has 0 atom stereocenters. The molecule has 39 heavy (non-hydrogen) atoms. The molecular formula is C24H26N10O3S2. The summed E-state index contributed by atoms with van der Waals surface area (Å²) in [5.74, 6) is 1.06. The van der Waals surface area contributed by atoms with E-state index >= 15 is 0 Å². The van der Waals surface area contributed by atoms with E-state index in [9.17, 15) is 13.7 Å². The second-order valence-electron chi connectivity index (χ2n) is 9.43. The van der Waals surface area contributed by atoms with E-state index in [4.69, 9.17) is 9.72 Å². The first-order valence-corrected chi connectivity index (χ1v) is 15.0. The molecule has 0 spiro atoms. The Kier molecular flexibility index (Phi) is 6.63. The van der Waals surface area contributed by atoms with Crippen molar-refractivity contribution in [3.05, 3.63) is 36.2 Å². The fourth-order valence-corrected chi connectivity index (χ4v) is 6.82. The van der Waals surface area contributed by atoms with Gasteiger partial charge >= 0.3 is 0 Å². The average molecular weight is 567 g/mol. The van der Waals surface area contributed by atoms with Crippen LogP contribution in [-0.2, 0) is 20.3 Å². The van der Waals surface area contributed by atoms with Crippen molar-refractivity contribution < 1.29 is 13.2 Å². The number of nitrogens with zero attached hydrogens (tertiary/aromatic N) is 9. The van der Waals surface area contributed by atoms with E-state index in [0.29, 0.717) is 36.5 Å². The smallest absolute Gasteiger partial charge is 0.228 e. The van der Waals surface area contributed by atoms with E-state index in [1.54, 1.807) is 30.2 Å². The summed E-state index contributed by atoms with van der Waals surface area (Å²) in [4.78, 5) is 20.5. The largest absolute Gasteiger partial charge is 0.378 e. The Labute approximate surface area is 229 Å². The van der Waals surface area contributed by atoms with E-state index < -0.39 is 15.6 Å². The van der Waals surface area contributed by atoms with Gasteiger partial charge in [-0.25, -0.2) is 28.4 Å². The Hall–Kier alpha value is -3.71. The molecular weight excluding hydrogens is 540 g/mol. The molecule has 4 aromatic heterocycles. The number of aromatic nitrogens is 6. The fourth-order valence-electron chi connectivity index (χ4n) is 4.74. The number of ether oxygens (including phenoxy) is 1. The highest BCUT2D eigenvalue weighted by Gasteiger charge is 2.49. The summed E-state index contributed by atoms with van der Waals surface area (Å²) >= 11 is 1.52. The Balaban J connectivity index is 1.27. The maximum Gasteiger partial charge on any atom is 0.228 e. The highest BCUT2D eigenvalue weighted by Crippen LogP contribution is 2.37. The number of anilines is 3. The molecule has 6 heterocycles. The third kappa shape index (κ3) is 4.80. The summed E-state index contributed by atoms with van der Waals surface area (Å²) in [5, 5.41) is 19.2. The number of hydrogen-bond acceptors (Lipinski definition) is 12. The van der Waals surface area contributed by atoms with E-state index in [1.165, 1.54) is 15.6 Å². The Morgan fingerprint density at radius 2 is 1.95 bits per heavy atom. The van der Waals surface area contributed by atoms with Crippen LogP contribution >= 0.6 is 11.3 Å². The van der Waals surface area contributed by atoms with Crippen LogP contribution in [0, 0.1) is 11.3 Å². The third-order valence-corrected chi connectivity index (χ3v) is 9.63. The van der Waals surface area contributed by atoms with Gasteiger partial charge in [-0.1, -0.05) is 0 Å². The molecule has 0 bridgehead atoms. The number of sulfonamides is 1. The van der Waals surface area contributed by atoms with Crippen molar-refractivity contribution in [2.45, 2.75) is 18.9 Å². The van der Waals surface area contributed by atoms with Crippen LogP contribution in [0.5, 0.6) is 0 Å².